The van der Waals surface area contributed by atoms with Gasteiger partial charge in [0.15, 0.2) is 11.5 Å². The van der Waals surface area contributed by atoms with Crippen LogP contribution in [0.1, 0.15) is 24.8 Å². The number of ether oxygens (including phenoxy) is 2. The Morgan fingerprint density at radius 2 is 2.29 bits per heavy atom. The topological polar surface area (TPSA) is 30.5 Å². The molecule has 3 heteroatoms. The molecule has 5 aliphatic rings. The van der Waals surface area contributed by atoms with Crippen molar-refractivity contribution in [1.29, 1.82) is 0 Å². The minimum absolute atomic E-state index is 0.153. The van der Waals surface area contributed by atoms with Gasteiger partial charge < -0.3 is 14.8 Å². The van der Waals surface area contributed by atoms with Crippen molar-refractivity contribution in [3.63, 3.8) is 0 Å². The molecule has 110 valence electrons. The lowest BCUT2D eigenvalue weighted by molar-refractivity contribution is -0.0475. The Morgan fingerprint density at radius 3 is 3.10 bits per heavy atom. The summed E-state index contributed by atoms with van der Waals surface area (Å²) in [7, 11) is 1.74. The second-order valence-electron chi connectivity index (χ2n) is 6.99. The molecule has 0 amide bonds. The van der Waals surface area contributed by atoms with Crippen molar-refractivity contribution in [1.82, 2.24) is 5.32 Å². The van der Waals surface area contributed by atoms with E-state index in [-0.39, 0.29) is 10.8 Å². The summed E-state index contributed by atoms with van der Waals surface area (Å²) in [6, 6.07) is 6.43. The van der Waals surface area contributed by atoms with Gasteiger partial charge in [0.25, 0.3) is 0 Å². The lowest BCUT2D eigenvalue weighted by Crippen LogP contribution is -2.66. The first-order valence-corrected chi connectivity index (χ1v) is 8.05. The molecule has 3 nitrogen and oxygen atoms in total. The highest BCUT2D eigenvalue weighted by Crippen LogP contribution is 2.67. The van der Waals surface area contributed by atoms with Gasteiger partial charge in [-0.25, -0.2) is 0 Å². The molecule has 0 aromatic heterocycles. The SMILES string of the molecule is COc1cccc2c1OC1C3C=CC4(CC3)CNCCC214. The molecule has 2 fully saturated rings. The molecule has 2 aliphatic heterocycles. The van der Waals surface area contributed by atoms with Gasteiger partial charge in [0.2, 0.25) is 0 Å². The fraction of sp³-hybridized carbons (Fsp3) is 0.556. The summed E-state index contributed by atoms with van der Waals surface area (Å²) in [4.78, 5) is 0. The van der Waals surface area contributed by atoms with E-state index in [1.807, 2.05) is 6.07 Å². The fourth-order valence-electron chi connectivity index (χ4n) is 5.50. The lowest BCUT2D eigenvalue weighted by atomic mass is 9.45. The van der Waals surface area contributed by atoms with Crippen LogP contribution in [-0.2, 0) is 5.41 Å². The van der Waals surface area contributed by atoms with Crippen LogP contribution < -0.4 is 14.8 Å². The molecule has 1 aromatic carbocycles. The summed E-state index contributed by atoms with van der Waals surface area (Å²) in [6.07, 6.45) is 8.90. The minimum Gasteiger partial charge on any atom is -0.493 e. The zero-order valence-corrected chi connectivity index (χ0v) is 12.4. The maximum atomic E-state index is 6.52. The number of para-hydroxylation sites is 1. The van der Waals surface area contributed by atoms with E-state index in [1.54, 1.807) is 7.11 Å². The summed E-state index contributed by atoms with van der Waals surface area (Å²) in [6.45, 7) is 2.16. The zero-order chi connectivity index (χ0) is 14.1. The zero-order valence-electron chi connectivity index (χ0n) is 12.4. The smallest absolute Gasteiger partial charge is 0.165 e. The molecule has 4 unspecified atom stereocenters. The molecular formula is C18H21NO2. The number of benzene rings is 1. The highest BCUT2D eigenvalue weighted by Gasteiger charge is 2.67. The molecule has 4 atom stereocenters. The number of hydrogen-bond acceptors (Lipinski definition) is 3. The molecule has 1 saturated carbocycles. The van der Waals surface area contributed by atoms with E-state index in [2.05, 4.69) is 29.6 Å². The van der Waals surface area contributed by atoms with E-state index in [0.29, 0.717) is 12.0 Å². The maximum absolute atomic E-state index is 6.52. The van der Waals surface area contributed by atoms with Crippen molar-refractivity contribution < 1.29 is 9.47 Å². The van der Waals surface area contributed by atoms with Crippen LogP contribution in [0.4, 0.5) is 0 Å². The van der Waals surface area contributed by atoms with Gasteiger partial charge in [-0.3, -0.25) is 0 Å². The monoisotopic (exact) mass is 283 g/mol. The Balaban J connectivity index is 1.79. The van der Waals surface area contributed by atoms with Crippen LogP contribution in [0.2, 0.25) is 0 Å². The average molecular weight is 283 g/mol. The van der Waals surface area contributed by atoms with Crippen molar-refractivity contribution in [2.75, 3.05) is 20.2 Å². The largest absolute Gasteiger partial charge is 0.493 e. The number of fused-ring (bicyclic) bond motifs is 2. The average Bonchev–Trinajstić information content (AvgIpc) is 2.90. The van der Waals surface area contributed by atoms with Crippen molar-refractivity contribution >= 4 is 0 Å². The maximum Gasteiger partial charge on any atom is 0.165 e. The van der Waals surface area contributed by atoms with Gasteiger partial charge in [-0.05, 0) is 31.9 Å². The number of nitrogens with one attached hydrogen (secondary N) is 1. The van der Waals surface area contributed by atoms with Crippen molar-refractivity contribution in [3.05, 3.63) is 35.9 Å². The Kier molecular flexibility index (Phi) is 2.21. The first-order chi connectivity index (χ1) is 10.3. The first kappa shape index (κ1) is 12.1. The van der Waals surface area contributed by atoms with E-state index in [9.17, 15) is 0 Å². The third-order valence-electron chi connectivity index (χ3n) is 6.41. The van der Waals surface area contributed by atoms with Crippen molar-refractivity contribution in [3.8, 4) is 11.5 Å². The Morgan fingerprint density at radius 1 is 1.33 bits per heavy atom. The van der Waals surface area contributed by atoms with Gasteiger partial charge in [0, 0.05) is 28.9 Å². The van der Waals surface area contributed by atoms with E-state index >= 15 is 0 Å². The second-order valence-corrected chi connectivity index (χ2v) is 6.99. The normalized spacial score (nSPS) is 42.0. The van der Waals surface area contributed by atoms with Gasteiger partial charge in [-0.15, -0.1) is 0 Å². The number of rotatable bonds is 1. The lowest BCUT2D eigenvalue weighted by Gasteiger charge is -2.60. The quantitative estimate of drug-likeness (QED) is 0.804. The second kappa shape index (κ2) is 3.83. The van der Waals surface area contributed by atoms with E-state index < -0.39 is 0 Å². The number of methoxy groups -OCH3 is 1. The standard InChI is InChI=1S/C18H21NO2/c1-20-14-4-2-3-13-15(14)21-16-12-5-7-17(8-6-12)11-19-10-9-18(13,16)17/h2-5,7,12,16,19H,6,8-11H2,1H3. The van der Waals surface area contributed by atoms with E-state index in [1.165, 1.54) is 24.8 Å². The number of piperidine rings is 1. The van der Waals surface area contributed by atoms with Gasteiger partial charge in [-0.1, -0.05) is 24.3 Å². The summed E-state index contributed by atoms with van der Waals surface area (Å²) < 4.78 is 12.1. The van der Waals surface area contributed by atoms with Crippen LogP contribution in [0.3, 0.4) is 0 Å². The van der Waals surface area contributed by atoms with E-state index in [4.69, 9.17) is 9.47 Å². The Labute approximate surface area is 125 Å². The van der Waals surface area contributed by atoms with Crippen LogP contribution in [0.15, 0.2) is 30.4 Å². The molecule has 6 rings (SSSR count). The molecule has 2 spiro atoms. The molecule has 2 heterocycles. The van der Waals surface area contributed by atoms with Crippen molar-refractivity contribution in [2.45, 2.75) is 30.8 Å². The molecule has 1 aromatic rings. The van der Waals surface area contributed by atoms with Gasteiger partial charge in [-0.2, -0.15) is 0 Å². The van der Waals surface area contributed by atoms with Gasteiger partial charge in [0.1, 0.15) is 6.10 Å². The van der Waals surface area contributed by atoms with Crippen LogP contribution >= 0.6 is 0 Å². The third-order valence-corrected chi connectivity index (χ3v) is 6.41. The highest BCUT2D eigenvalue weighted by molar-refractivity contribution is 5.58. The molecule has 3 aliphatic carbocycles. The Hall–Kier alpha value is -1.48. The van der Waals surface area contributed by atoms with Gasteiger partial charge in [0.05, 0.1) is 7.11 Å². The molecule has 1 saturated heterocycles. The summed E-state index contributed by atoms with van der Waals surface area (Å²) in [5.74, 6) is 2.46. The summed E-state index contributed by atoms with van der Waals surface area (Å²) in [5.41, 5.74) is 1.77. The first-order valence-electron chi connectivity index (χ1n) is 8.05. The third kappa shape index (κ3) is 1.21. The highest BCUT2D eigenvalue weighted by atomic mass is 16.5. The Bertz CT molecular complexity index is 640. The van der Waals surface area contributed by atoms with E-state index in [0.717, 1.165) is 24.6 Å². The predicted octanol–water partition coefficient (Wildman–Crippen LogP) is 2.65. The molecule has 1 N–H and O–H groups in total. The molecule has 0 radical (unpaired) electrons. The van der Waals surface area contributed by atoms with Crippen LogP contribution in [0.5, 0.6) is 11.5 Å². The van der Waals surface area contributed by atoms with Crippen LogP contribution in [-0.4, -0.2) is 26.3 Å². The van der Waals surface area contributed by atoms with Gasteiger partial charge >= 0.3 is 0 Å². The summed E-state index contributed by atoms with van der Waals surface area (Å²) >= 11 is 0. The van der Waals surface area contributed by atoms with Crippen LogP contribution in [0.25, 0.3) is 0 Å². The predicted molar refractivity (Wildman–Crippen MR) is 80.9 cm³/mol. The molecule has 2 bridgehead atoms. The molecule has 21 heavy (non-hydrogen) atoms. The minimum atomic E-state index is 0.153. The molecular weight excluding hydrogens is 262 g/mol. The summed E-state index contributed by atoms with van der Waals surface area (Å²) in [5, 5.41) is 3.63. The number of hydrogen-bond donors (Lipinski definition) is 1. The fourth-order valence-corrected chi connectivity index (χ4v) is 5.50. The van der Waals surface area contributed by atoms with Crippen molar-refractivity contribution in [2.24, 2.45) is 11.3 Å². The van der Waals surface area contributed by atoms with Crippen LogP contribution in [0, 0.1) is 11.3 Å².